The lowest BCUT2D eigenvalue weighted by Gasteiger charge is -2.32. The van der Waals surface area contributed by atoms with Gasteiger partial charge in [-0.05, 0) is 44.4 Å². The van der Waals surface area contributed by atoms with Crippen LogP contribution in [0.5, 0.6) is 0 Å². The maximum atomic E-state index is 13.6. The number of hydroxylamine groups is 2. The summed E-state index contributed by atoms with van der Waals surface area (Å²) in [5, 5.41) is 9.73. The summed E-state index contributed by atoms with van der Waals surface area (Å²) < 4.78 is 30.1. The van der Waals surface area contributed by atoms with E-state index in [0.717, 1.165) is 16.7 Å². The van der Waals surface area contributed by atoms with Crippen LogP contribution in [-0.4, -0.2) is 66.5 Å². The van der Waals surface area contributed by atoms with Crippen LogP contribution in [0.2, 0.25) is 0 Å². The number of esters is 1. The molecule has 2 aliphatic rings. The minimum absolute atomic E-state index is 0.184. The Labute approximate surface area is 275 Å². The second-order valence-corrected chi connectivity index (χ2v) is 12.8. The zero-order valence-corrected chi connectivity index (χ0v) is 27.5. The Morgan fingerprint density at radius 2 is 1.32 bits per heavy atom. The molecule has 0 spiro atoms. The highest BCUT2D eigenvalue weighted by molar-refractivity contribution is 5.75. The van der Waals surface area contributed by atoms with Crippen LogP contribution in [-0.2, 0) is 53.1 Å². The number of methoxy groups -OCH3 is 1. The molecule has 6 atom stereocenters. The van der Waals surface area contributed by atoms with E-state index in [1.165, 1.54) is 7.11 Å². The van der Waals surface area contributed by atoms with Crippen molar-refractivity contribution in [1.29, 1.82) is 0 Å². The molecule has 3 aromatic rings. The van der Waals surface area contributed by atoms with Crippen LogP contribution in [0.3, 0.4) is 0 Å². The largest absolute Gasteiger partial charge is 0.469 e. The van der Waals surface area contributed by atoms with Gasteiger partial charge in [0.1, 0.15) is 23.7 Å². The second-order valence-electron chi connectivity index (χ2n) is 12.8. The van der Waals surface area contributed by atoms with Crippen molar-refractivity contribution in [2.75, 3.05) is 13.7 Å². The van der Waals surface area contributed by atoms with E-state index in [-0.39, 0.29) is 13.2 Å². The Kier molecular flexibility index (Phi) is 11.2. The van der Waals surface area contributed by atoms with Crippen molar-refractivity contribution in [3.05, 3.63) is 108 Å². The normalized spacial score (nSPS) is 25.9. The summed E-state index contributed by atoms with van der Waals surface area (Å²) in [5.74, 6) is -1.63. The third-order valence-corrected chi connectivity index (χ3v) is 8.02. The number of amides is 1. The van der Waals surface area contributed by atoms with Crippen molar-refractivity contribution in [3.63, 3.8) is 0 Å². The van der Waals surface area contributed by atoms with Crippen molar-refractivity contribution >= 4 is 12.1 Å². The number of azo groups is 1. The van der Waals surface area contributed by atoms with Gasteiger partial charge in [0.25, 0.3) is 0 Å². The fourth-order valence-corrected chi connectivity index (χ4v) is 5.94. The maximum absolute atomic E-state index is 13.6. The highest BCUT2D eigenvalue weighted by Gasteiger charge is 2.67. The van der Waals surface area contributed by atoms with Crippen molar-refractivity contribution in [2.24, 2.45) is 16.1 Å². The number of hydrogen-bond donors (Lipinski definition) is 0. The quantitative estimate of drug-likeness (QED) is 0.166. The van der Waals surface area contributed by atoms with E-state index >= 15 is 0 Å². The molecular formula is C36H43N3O8. The Bertz CT molecular complexity index is 1480. The number of benzene rings is 3. The van der Waals surface area contributed by atoms with E-state index in [1.807, 2.05) is 91.0 Å². The fraction of sp³-hybridized carbons (Fsp3) is 0.444. The van der Waals surface area contributed by atoms with Crippen LogP contribution in [0.1, 0.15) is 44.4 Å². The first-order valence-electron chi connectivity index (χ1n) is 15.7. The molecule has 11 nitrogen and oxygen atoms in total. The lowest BCUT2D eigenvalue weighted by Crippen LogP contribution is -2.48. The van der Waals surface area contributed by atoms with Crippen molar-refractivity contribution < 1.29 is 38.1 Å². The molecule has 2 aliphatic heterocycles. The maximum Gasteiger partial charge on any atom is 0.452 e. The molecule has 2 fully saturated rings. The zero-order valence-electron chi connectivity index (χ0n) is 27.5. The SMILES string of the molecule is COC(=O)[C@H]1[C@@H]2[C@@H](OCc3ccccc3)[C@H](OCc3ccccc3)[C@@H](COCc3ccccc3)N2O[C@]1(C)/N=N\C(=O)OC(C)(C)C. The third kappa shape index (κ3) is 8.68. The summed E-state index contributed by atoms with van der Waals surface area (Å²) in [7, 11) is 1.30. The number of fused-ring (bicyclic) bond motifs is 1. The van der Waals surface area contributed by atoms with Crippen LogP contribution in [0.15, 0.2) is 101 Å². The molecule has 0 bridgehead atoms. The van der Waals surface area contributed by atoms with Crippen molar-refractivity contribution in [3.8, 4) is 0 Å². The summed E-state index contributed by atoms with van der Waals surface area (Å²) in [4.78, 5) is 32.6. The van der Waals surface area contributed by atoms with E-state index in [9.17, 15) is 9.59 Å². The summed E-state index contributed by atoms with van der Waals surface area (Å²) in [6.07, 6.45) is -2.17. The van der Waals surface area contributed by atoms with Crippen LogP contribution >= 0.6 is 0 Å². The first-order valence-corrected chi connectivity index (χ1v) is 15.7. The molecule has 0 saturated carbocycles. The first kappa shape index (κ1) is 34.3. The molecule has 5 rings (SSSR count). The van der Waals surface area contributed by atoms with Crippen LogP contribution in [0.4, 0.5) is 4.79 Å². The molecule has 0 unspecified atom stereocenters. The van der Waals surface area contributed by atoms with Crippen LogP contribution in [0.25, 0.3) is 0 Å². The summed E-state index contributed by atoms with van der Waals surface area (Å²) in [6.45, 7) is 7.87. The Hall–Kier alpha value is -4.00. The monoisotopic (exact) mass is 645 g/mol. The highest BCUT2D eigenvalue weighted by Crippen LogP contribution is 2.48. The number of ether oxygens (including phenoxy) is 5. The van der Waals surface area contributed by atoms with E-state index < -0.39 is 53.6 Å². The van der Waals surface area contributed by atoms with Gasteiger partial charge in [0.05, 0.1) is 45.6 Å². The number of hydrogen-bond acceptors (Lipinski definition) is 10. The predicted molar refractivity (Wildman–Crippen MR) is 172 cm³/mol. The van der Waals surface area contributed by atoms with E-state index in [2.05, 4.69) is 10.2 Å². The molecule has 0 aliphatic carbocycles. The van der Waals surface area contributed by atoms with Crippen LogP contribution < -0.4 is 0 Å². The molecule has 47 heavy (non-hydrogen) atoms. The molecule has 11 heteroatoms. The zero-order chi connectivity index (χ0) is 33.4. The molecule has 250 valence electrons. The molecule has 2 heterocycles. The fourth-order valence-electron chi connectivity index (χ4n) is 5.94. The molecule has 1 amide bonds. The van der Waals surface area contributed by atoms with E-state index in [1.54, 1.807) is 32.8 Å². The number of rotatable bonds is 12. The van der Waals surface area contributed by atoms with Gasteiger partial charge in [-0.1, -0.05) is 96.1 Å². The molecule has 0 N–H and O–H groups in total. The third-order valence-electron chi connectivity index (χ3n) is 8.02. The van der Waals surface area contributed by atoms with E-state index in [4.69, 9.17) is 28.5 Å². The van der Waals surface area contributed by atoms with Gasteiger partial charge in [0, 0.05) is 0 Å². The summed E-state index contributed by atoms with van der Waals surface area (Å²) >= 11 is 0. The predicted octanol–water partition coefficient (Wildman–Crippen LogP) is 6.26. The summed E-state index contributed by atoms with van der Waals surface area (Å²) in [5.41, 5.74) is 0.533. The number of carbonyl (C=O) groups is 2. The van der Waals surface area contributed by atoms with Gasteiger partial charge in [-0.3, -0.25) is 9.63 Å². The Balaban J connectivity index is 1.49. The van der Waals surface area contributed by atoms with Gasteiger partial charge in [0.15, 0.2) is 0 Å². The lowest BCUT2D eigenvalue weighted by atomic mass is 9.87. The average molecular weight is 646 g/mol. The van der Waals surface area contributed by atoms with Gasteiger partial charge in [0.2, 0.25) is 5.72 Å². The first-order chi connectivity index (χ1) is 22.6. The topological polar surface area (TPSA) is 117 Å². The van der Waals surface area contributed by atoms with Gasteiger partial charge >= 0.3 is 12.1 Å². The van der Waals surface area contributed by atoms with Gasteiger partial charge in [-0.25, -0.2) is 4.79 Å². The lowest BCUT2D eigenvalue weighted by molar-refractivity contribution is -0.228. The van der Waals surface area contributed by atoms with Gasteiger partial charge < -0.3 is 23.7 Å². The van der Waals surface area contributed by atoms with Crippen molar-refractivity contribution in [1.82, 2.24) is 5.06 Å². The number of carbonyl (C=O) groups excluding carboxylic acids is 2. The smallest absolute Gasteiger partial charge is 0.452 e. The second kappa shape index (κ2) is 15.3. The van der Waals surface area contributed by atoms with Gasteiger partial charge in [-0.15, -0.1) is 5.11 Å². The molecule has 0 radical (unpaired) electrons. The minimum Gasteiger partial charge on any atom is -0.469 e. The molecule has 3 aromatic carbocycles. The van der Waals surface area contributed by atoms with Gasteiger partial charge in [-0.2, -0.15) is 5.06 Å². The highest BCUT2D eigenvalue weighted by atomic mass is 16.7. The Morgan fingerprint density at radius 3 is 1.83 bits per heavy atom. The summed E-state index contributed by atoms with van der Waals surface area (Å²) in [6, 6.07) is 28.1. The number of nitrogens with zero attached hydrogens (tertiary/aromatic N) is 3. The minimum atomic E-state index is -1.62. The van der Waals surface area contributed by atoms with Crippen molar-refractivity contribution in [2.45, 2.75) is 83.1 Å². The standard InChI is InChI=1S/C36H43N3O8/c1-35(2,3)46-34(41)37-38-36(4)29(33(40)42-5)30-32(45-23-27-19-13-8-14-20-27)31(44-22-26-17-11-7-12-18-26)28(39(30)47-36)24-43-21-25-15-9-6-10-16-25/h6-20,28-32H,21-24H2,1-5H3/b38-37-/t28-,29-,30-,31-,32-,36+/m1/s1. The van der Waals surface area contributed by atoms with Crippen LogP contribution in [0, 0.1) is 5.92 Å². The molecule has 0 aromatic heterocycles. The Morgan fingerprint density at radius 1 is 0.809 bits per heavy atom. The molecular weight excluding hydrogens is 602 g/mol. The average Bonchev–Trinajstić information content (AvgIpc) is 3.51. The van der Waals surface area contributed by atoms with E-state index in [0.29, 0.717) is 13.2 Å². The molecule has 2 saturated heterocycles.